The fourth-order valence-corrected chi connectivity index (χ4v) is 4.97. The second kappa shape index (κ2) is 8.11. The zero-order chi connectivity index (χ0) is 21.3. The third-order valence-electron chi connectivity index (χ3n) is 5.25. The Kier molecular flexibility index (Phi) is 5.52. The van der Waals surface area contributed by atoms with Crippen LogP contribution in [0, 0.1) is 16.0 Å². The van der Waals surface area contributed by atoms with Crippen LogP contribution < -0.4 is 14.2 Å². The molecule has 0 saturated carbocycles. The molecule has 0 radical (unpaired) electrons. The third-order valence-corrected chi connectivity index (χ3v) is 7.14. The minimum atomic E-state index is -3.81. The van der Waals surface area contributed by atoms with E-state index in [2.05, 4.69) is 6.92 Å². The van der Waals surface area contributed by atoms with Gasteiger partial charge in [-0.2, -0.15) is 4.31 Å². The van der Waals surface area contributed by atoms with Crippen LogP contribution in [0.3, 0.4) is 0 Å². The Balaban J connectivity index is 1.62. The van der Waals surface area contributed by atoms with Crippen molar-refractivity contribution < 1.29 is 27.6 Å². The van der Waals surface area contributed by atoms with Crippen LogP contribution in [0.15, 0.2) is 41.3 Å². The molecule has 0 N–H and O–H groups in total. The van der Waals surface area contributed by atoms with Gasteiger partial charge in [0.25, 0.3) is 0 Å². The van der Waals surface area contributed by atoms with Crippen molar-refractivity contribution in [1.82, 2.24) is 4.31 Å². The lowest BCUT2D eigenvalue weighted by molar-refractivity contribution is -0.385. The number of hydrogen-bond acceptors (Lipinski definition) is 7. The van der Waals surface area contributed by atoms with E-state index in [0.29, 0.717) is 49.5 Å². The number of nitro benzene ring substituents is 1. The minimum absolute atomic E-state index is 0.0529. The quantitative estimate of drug-likeness (QED) is 0.523. The van der Waals surface area contributed by atoms with Crippen LogP contribution in [0.1, 0.15) is 19.8 Å². The summed E-state index contributed by atoms with van der Waals surface area (Å²) in [5.41, 5.74) is -0.420. The van der Waals surface area contributed by atoms with Gasteiger partial charge in [0.05, 0.1) is 9.82 Å². The summed E-state index contributed by atoms with van der Waals surface area (Å²) in [6, 6.07) is 8.56. The van der Waals surface area contributed by atoms with Crippen molar-refractivity contribution in [3.63, 3.8) is 0 Å². The first kappa shape index (κ1) is 20.4. The molecule has 0 aliphatic carbocycles. The highest BCUT2D eigenvalue weighted by Crippen LogP contribution is 2.38. The summed E-state index contributed by atoms with van der Waals surface area (Å²) < 4.78 is 43.9. The molecule has 2 aromatic rings. The van der Waals surface area contributed by atoms with Gasteiger partial charge in [-0.25, -0.2) is 8.42 Å². The summed E-state index contributed by atoms with van der Waals surface area (Å²) in [7, 11) is -3.81. The molecule has 9 nitrogen and oxygen atoms in total. The number of fused-ring (bicyclic) bond motifs is 1. The molecular formula is C20H22N2O7S. The molecule has 2 heterocycles. The SMILES string of the molecule is CC1CCN(S(=O)(=O)c2ccc(Oc3ccc4c(c3)OCCO4)c([N+](=O)[O-])c2)CC1. The van der Waals surface area contributed by atoms with Gasteiger partial charge in [0.2, 0.25) is 15.8 Å². The Bertz CT molecular complexity index is 1060. The molecule has 2 aliphatic rings. The van der Waals surface area contributed by atoms with Gasteiger partial charge < -0.3 is 14.2 Å². The van der Waals surface area contributed by atoms with E-state index in [1.54, 1.807) is 18.2 Å². The van der Waals surface area contributed by atoms with Crippen molar-refractivity contribution in [3.05, 3.63) is 46.5 Å². The lowest BCUT2D eigenvalue weighted by Crippen LogP contribution is -2.37. The third kappa shape index (κ3) is 4.05. The highest BCUT2D eigenvalue weighted by molar-refractivity contribution is 7.89. The maximum Gasteiger partial charge on any atom is 0.312 e. The van der Waals surface area contributed by atoms with E-state index in [-0.39, 0.29) is 10.6 Å². The van der Waals surface area contributed by atoms with E-state index < -0.39 is 20.6 Å². The molecule has 0 bridgehead atoms. The molecule has 2 aromatic carbocycles. The second-order valence-corrected chi connectivity index (χ2v) is 9.32. The number of nitrogens with zero attached hydrogens (tertiary/aromatic N) is 2. The molecule has 0 aromatic heterocycles. The van der Waals surface area contributed by atoms with Gasteiger partial charge in [-0.15, -0.1) is 0 Å². The zero-order valence-corrected chi connectivity index (χ0v) is 17.3. The zero-order valence-electron chi connectivity index (χ0n) is 16.4. The lowest BCUT2D eigenvalue weighted by atomic mass is 10.0. The molecule has 0 spiro atoms. The van der Waals surface area contributed by atoms with Gasteiger partial charge in [0, 0.05) is 25.2 Å². The van der Waals surface area contributed by atoms with E-state index in [1.807, 2.05) is 0 Å². The number of hydrogen-bond donors (Lipinski definition) is 0. The predicted molar refractivity (Wildman–Crippen MR) is 108 cm³/mol. The van der Waals surface area contributed by atoms with Crippen LogP contribution in [0.2, 0.25) is 0 Å². The first-order valence-corrected chi connectivity index (χ1v) is 11.1. The largest absolute Gasteiger partial charge is 0.486 e. The van der Waals surface area contributed by atoms with Crippen LogP contribution in [-0.4, -0.2) is 43.9 Å². The van der Waals surface area contributed by atoms with Gasteiger partial charge in [-0.1, -0.05) is 6.92 Å². The number of sulfonamides is 1. The predicted octanol–water partition coefficient (Wildman–Crippen LogP) is 3.58. The Morgan fingerprint density at radius 2 is 1.77 bits per heavy atom. The molecule has 0 unspecified atom stereocenters. The van der Waals surface area contributed by atoms with E-state index in [1.165, 1.54) is 16.4 Å². The first-order chi connectivity index (χ1) is 14.3. The fourth-order valence-electron chi connectivity index (χ4n) is 3.48. The minimum Gasteiger partial charge on any atom is -0.486 e. The van der Waals surface area contributed by atoms with Crippen LogP contribution >= 0.6 is 0 Å². The Labute approximate surface area is 174 Å². The van der Waals surface area contributed by atoms with Crippen molar-refractivity contribution in [2.75, 3.05) is 26.3 Å². The lowest BCUT2D eigenvalue weighted by Gasteiger charge is -2.29. The van der Waals surface area contributed by atoms with Crippen molar-refractivity contribution in [2.45, 2.75) is 24.7 Å². The van der Waals surface area contributed by atoms with E-state index in [9.17, 15) is 18.5 Å². The van der Waals surface area contributed by atoms with Crippen molar-refractivity contribution in [1.29, 1.82) is 0 Å². The summed E-state index contributed by atoms with van der Waals surface area (Å²) in [5.74, 6) is 1.79. The van der Waals surface area contributed by atoms with Gasteiger partial charge in [-0.05, 0) is 43.0 Å². The fraction of sp³-hybridized carbons (Fsp3) is 0.400. The molecule has 2 aliphatic heterocycles. The standard InChI is InChI=1S/C20H22N2O7S/c1-14-6-8-21(9-7-14)30(25,26)16-3-5-18(17(13-16)22(23)24)29-15-2-4-19-20(12-15)28-11-10-27-19/h2-5,12-14H,6-11H2,1H3. The highest BCUT2D eigenvalue weighted by atomic mass is 32.2. The van der Waals surface area contributed by atoms with Crippen LogP contribution in [0.25, 0.3) is 0 Å². The Morgan fingerprint density at radius 3 is 2.47 bits per heavy atom. The monoisotopic (exact) mass is 434 g/mol. The number of ether oxygens (including phenoxy) is 3. The summed E-state index contributed by atoms with van der Waals surface area (Å²) in [5, 5.41) is 11.6. The van der Waals surface area contributed by atoms with Gasteiger partial charge in [-0.3, -0.25) is 10.1 Å². The molecule has 4 rings (SSSR count). The van der Waals surface area contributed by atoms with E-state index in [4.69, 9.17) is 14.2 Å². The summed E-state index contributed by atoms with van der Waals surface area (Å²) in [6.07, 6.45) is 1.54. The first-order valence-electron chi connectivity index (χ1n) is 9.71. The average Bonchev–Trinajstić information content (AvgIpc) is 2.74. The topological polar surface area (TPSA) is 108 Å². The molecule has 1 fully saturated rings. The number of rotatable bonds is 5. The van der Waals surface area contributed by atoms with Crippen LogP contribution in [0.5, 0.6) is 23.0 Å². The highest BCUT2D eigenvalue weighted by Gasteiger charge is 2.30. The molecule has 10 heteroatoms. The maximum atomic E-state index is 12.9. The van der Waals surface area contributed by atoms with E-state index >= 15 is 0 Å². The number of benzene rings is 2. The van der Waals surface area contributed by atoms with Crippen LogP contribution in [0.4, 0.5) is 5.69 Å². The van der Waals surface area contributed by atoms with Gasteiger partial charge in [0.1, 0.15) is 19.0 Å². The summed E-state index contributed by atoms with van der Waals surface area (Å²) in [4.78, 5) is 10.9. The maximum absolute atomic E-state index is 12.9. The number of nitro groups is 1. The van der Waals surface area contributed by atoms with Crippen molar-refractivity contribution in [2.24, 2.45) is 5.92 Å². The van der Waals surface area contributed by atoms with Crippen molar-refractivity contribution in [3.8, 4) is 23.0 Å². The second-order valence-electron chi connectivity index (χ2n) is 7.38. The summed E-state index contributed by atoms with van der Waals surface area (Å²) >= 11 is 0. The Morgan fingerprint density at radius 1 is 1.07 bits per heavy atom. The summed E-state index contributed by atoms with van der Waals surface area (Å²) in [6.45, 7) is 3.75. The van der Waals surface area contributed by atoms with Gasteiger partial charge in [0.15, 0.2) is 11.5 Å². The van der Waals surface area contributed by atoms with E-state index in [0.717, 1.165) is 18.9 Å². The molecule has 0 amide bonds. The molecule has 160 valence electrons. The number of piperidine rings is 1. The normalized spacial score (nSPS) is 17.5. The molecule has 30 heavy (non-hydrogen) atoms. The Hall–Kier alpha value is -2.85. The van der Waals surface area contributed by atoms with Crippen LogP contribution in [-0.2, 0) is 10.0 Å². The van der Waals surface area contributed by atoms with Gasteiger partial charge >= 0.3 is 5.69 Å². The molecule has 1 saturated heterocycles. The smallest absolute Gasteiger partial charge is 0.312 e. The average molecular weight is 434 g/mol. The molecular weight excluding hydrogens is 412 g/mol. The van der Waals surface area contributed by atoms with Crippen molar-refractivity contribution >= 4 is 15.7 Å². The molecule has 0 atom stereocenters.